The van der Waals surface area contributed by atoms with Gasteiger partial charge in [-0.2, -0.15) is 0 Å². The van der Waals surface area contributed by atoms with E-state index in [1.807, 2.05) is 25.2 Å². The van der Waals surface area contributed by atoms with Gasteiger partial charge in [-0.05, 0) is 50.4 Å². The predicted molar refractivity (Wildman–Crippen MR) is 76.8 cm³/mol. The minimum absolute atomic E-state index is 0.00160. The number of hydrogen-bond acceptors (Lipinski definition) is 4. The van der Waals surface area contributed by atoms with Crippen LogP contribution in [-0.4, -0.2) is 24.7 Å². The Hall–Kier alpha value is -1.59. The van der Waals surface area contributed by atoms with Crippen LogP contribution in [0.2, 0.25) is 0 Å². The molecule has 1 atom stereocenters. The number of fused-ring (bicyclic) bond motifs is 1. The number of H-pyrrole nitrogens is 1. The molecule has 1 aromatic heterocycles. The molecular formula is C15H20N2O3. The molecule has 1 fully saturated rings. The Bertz CT molecular complexity index is 649. The average Bonchev–Trinajstić information content (AvgIpc) is 2.77. The maximum atomic E-state index is 11.2. The molecule has 1 heterocycles. The fraction of sp³-hybridized carbons (Fsp3) is 0.533. The highest BCUT2D eigenvalue weighted by atomic mass is 16.5. The first-order chi connectivity index (χ1) is 9.65. The van der Waals surface area contributed by atoms with Crippen molar-refractivity contribution in [2.45, 2.75) is 37.3 Å². The predicted octanol–water partition coefficient (Wildman–Crippen LogP) is 2.34. The Kier molecular flexibility index (Phi) is 3.40. The van der Waals surface area contributed by atoms with Gasteiger partial charge in [0.05, 0.1) is 11.1 Å². The van der Waals surface area contributed by atoms with E-state index < -0.39 is 5.76 Å². The van der Waals surface area contributed by atoms with Gasteiger partial charge in [0, 0.05) is 13.2 Å². The second kappa shape index (κ2) is 5.07. The molecule has 1 aromatic carbocycles. The van der Waals surface area contributed by atoms with E-state index in [2.05, 4.69) is 10.3 Å². The molecule has 0 aliphatic heterocycles. The van der Waals surface area contributed by atoms with Crippen molar-refractivity contribution in [2.75, 3.05) is 14.2 Å². The fourth-order valence-electron chi connectivity index (χ4n) is 3.00. The Labute approximate surface area is 117 Å². The quantitative estimate of drug-likeness (QED) is 0.879. The number of hydrogen-bond donors (Lipinski definition) is 2. The third-order valence-electron chi connectivity index (χ3n) is 4.47. The molecule has 1 aliphatic rings. The molecule has 108 valence electrons. The normalized spacial score (nSPS) is 18.9. The average molecular weight is 276 g/mol. The molecule has 3 rings (SSSR count). The summed E-state index contributed by atoms with van der Waals surface area (Å²) >= 11 is 0. The van der Waals surface area contributed by atoms with Gasteiger partial charge in [-0.3, -0.25) is 4.98 Å². The van der Waals surface area contributed by atoms with E-state index in [-0.39, 0.29) is 11.6 Å². The van der Waals surface area contributed by atoms with E-state index in [4.69, 9.17) is 9.15 Å². The second-order valence-electron chi connectivity index (χ2n) is 5.56. The van der Waals surface area contributed by atoms with Crippen molar-refractivity contribution in [1.29, 1.82) is 0 Å². The van der Waals surface area contributed by atoms with Crippen molar-refractivity contribution >= 4 is 11.1 Å². The highest BCUT2D eigenvalue weighted by Gasteiger charge is 2.39. The summed E-state index contributed by atoms with van der Waals surface area (Å²) in [6.45, 7) is 0. The summed E-state index contributed by atoms with van der Waals surface area (Å²) in [6, 6.07) is 6.04. The lowest BCUT2D eigenvalue weighted by molar-refractivity contribution is -0.0834. The molecule has 0 amide bonds. The summed E-state index contributed by atoms with van der Waals surface area (Å²) in [4.78, 5) is 13.9. The molecule has 0 bridgehead atoms. The SMILES string of the molecule is CNC(CC1(OC)CCC1)c1ccc2[nH]c(=O)oc2c1. The van der Waals surface area contributed by atoms with Crippen LogP contribution < -0.4 is 11.1 Å². The molecule has 2 N–H and O–H groups in total. The number of oxazole rings is 1. The van der Waals surface area contributed by atoms with Crippen molar-refractivity contribution in [3.8, 4) is 0 Å². The number of methoxy groups -OCH3 is 1. The second-order valence-corrected chi connectivity index (χ2v) is 5.56. The summed E-state index contributed by atoms with van der Waals surface area (Å²) < 4.78 is 10.8. The summed E-state index contributed by atoms with van der Waals surface area (Å²) in [7, 11) is 3.74. The topological polar surface area (TPSA) is 67.3 Å². The van der Waals surface area contributed by atoms with Crippen LogP contribution >= 0.6 is 0 Å². The van der Waals surface area contributed by atoms with E-state index in [9.17, 15) is 4.79 Å². The molecule has 20 heavy (non-hydrogen) atoms. The van der Waals surface area contributed by atoms with Gasteiger partial charge in [-0.25, -0.2) is 4.79 Å². The minimum atomic E-state index is -0.412. The van der Waals surface area contributed by atoms with Gasteiger partial charge in [0.15, 0.2) is 5.58 Å². The zero-order chi connectivity index (χ0) is 14.2. The third kappa shape index (κ3) is 2.27. The van der Waals surface area contributed by atoms with E-state index >= 15 is 0 Å². The van der Waals surface area contributed by atoms with Gasteiger partial charge in [-0.1, -0.05) is 6.07 Å². The number of aromatic amines is 1. The van der Waals surface area contributed by atoms with Gasteiger partial charge >= 0.3 is 5.76 Å². The van der Waals surface area contributed by atoms with Crippen LogP contribution in [0.1, 0.15) is 37.3 Å². The number of aromatic nitrogens is 1. The highest BCUT2D eigenvalue weighted by Crippen LogP contribution is 2.41. The van der Waals surface area contributed by atoms with Crippen molar-refractivity contribution < 1.29 is 9.15 Å². The first-order valence-electron chi connectivity index (χ1n) is 7.01. The van der Waals surface area contributed by atoms with Crippen LogP contribution in [0.25, 0.3) is 11.1 Å². The lowest BCUT2D eigenvalue weighted by Crippen LogP contribution is -2.42. The first-order valence-corrected chi connectivity index (χ1v) is 7.01. The van der Waals surface area contributed by atoms with Crippen LogP contribution in [0.15, 0.2) is 27.4 Å². The smallest absolute Gasteiger partial charge is 0.408 e. The number of nitrogens with one attached hydrogen (secondary N) is 2. The number of benzene rings is 1. The van der Waals surface area contributed by atoms with Crippen molar-refractivity contribution in [3.63, 3.8) is 0 Å². The van der Waals surface area contributed by atoms with Gasteiger partial charge in [0.1, 0.15) is 0 Å². The maximum Gasteiger partial charge on any atom is 0.417 e. The zero-order valence-electron chi connectivity index (χ0n) is 11.9. The molecule has 5 heteroatoms. The summed E-state index contributed by atoms with van der Waals surface area (Å²) in [5.41, 5.74) is 2.46. The van der Waals surface area contributed by atoms with E-state index in [0.717, 1.165) is 30.3 Å². The molecule has 5 nitrogen and oxygen atoms in total. The third-order valence-corrected chi connectivity index (χ3v) is 4.47. The minimum Gasteiger partial charge on any atom is -0.408 e. The van der Waals surface area contributed by atoms with Gasteiger partial charge in [0.2, 0.25) is 0 Å². The number of rotatable bonds is 5. The molecule has 0 saturated heterocycles. The maximum absolute atomic E-state index is 11.2. The Morgan fingerprint density at radius 3 is 2.90 bits per heavy atom. The van der Waals surface area contributed by atoms with Crippen molar-refractivity contribution in [1.82, 2.24) is 10.3 Å². The monoisotopic (exact) mass is 276 g/mol. The fourth-order valence-corrected chi connectivity index (χ4v) is 3.00. The van der Waals surface area contributed by atoms with E-state index in [1.165, 1.54) is 6.42 Å². The van der Waals surface area contributed by atoms with Crippen molar-refractivity contribution in [3.05, 3.63) is 34.3 Å². The van der Waals surface area contributed by atoms with E-state index in [1.54, 1.807) is 7.11 Å². The molecule has 0 radical (unpaired) electrons. The Morgan fingerprint density at radius 2 is 2.30 bits per heavy atom. The molecular weight excluding hydrogens is 256 g/mol. The van der Waals surface area contributed by atoms with Crippen LogP contribution in [-0.2, 0) is 4.74 Å². The molecule has 1 aliphatic carbocycles. The van der Waals surface area contributed by atoms with Gasteiger partial charge < -0.3 is 14.5 Å². The lowest BCUT2D eigenvalue weighted by atomic mass is 9.74. The van der Waals surface area contributed by atoms with Gasteiger partial charge in [-0.15, -0.1) is 0 Å². The molecule has 2 aromatic rings. The molecule has 0 spiro atoms. The molecule has 1 saturated carbocycles. The van der Waals surface area contributed by atoms with Gasteiger partial charge in [0.25, 0.3) is 0 Å². The number of ether oxygens (including phenoxy) is 1. The Balaban J connectivity index is 1.88. The largest absolute Gasteiger partial charge is 0.417 e. The van der Waals surface area contributed by atoms with Crippen LogP contribution in [0.5, 0.6) is 0 Å². The van der Waals surface area contributed by atoms with Crippen LogP contribution in [0, 0.1) is 0 Å². The molecule has 1 unspecified atom stereocenters. The summed E-state index contributed by atoms with van der Waals surface area (Å²) in [5, 5.41) is 3.34. The zero-order valence-corrected chi connectivity index (χ0v) is 11.9. The van der Waals surface area contributed by atoms with Crippen LogP contribution in [0.4, 0.5) is 0 Å². The highest BCUT2D eigenvalue weighted by molar-refractivity contribution is 5.72. The van der Waals surface area contributed by atoms with Crippen molar-refractivity contribution in [2.24, 2.45) is 0 Å². The summed E-state index contributed by atoms with van der Waals surface area (Å²) in [5.74, 6) is -0.412. The first kappa shape index (κ1) is 13.4. The van der Waals surface area contributed by atoms with Crippen LogP contribution in [0.3, 0.4) is 0 Å². The standard InChI is InChI=1S/C15H20N2O3/c1-16-12(9-15(19-2)6-3-7-15)10-4-5-11-13(8-10)20-14(18)17-11/h4-5,8,12,16H,3,6-7,9H2,1-2H3,(H,17,18). The Morgan fingerprint density at radius 1 is 1.50 bits per heavy atom. The van der Waals surface area contributed by atoms with E-state index in [0.29, 0.717) is 5.58 Å². The lowest BCUT2D eigenvalue weighted by Gasteiger charge is -2.42. The summed E-state index contributed by atoms with van der Waals surface area (Å²) in [6.07, 6.45) is 4.39.